The van der Waals surface area contributed by atoms with E-state index in [1.807, 2.05) is 0 Å². The molecular weight excluding hydrogens is 410 g/mol. The number of nitro groups is 1. The summed E-state index contributed by atoms with van der Waals surface area (Å²) in [5.74, 6) is -1.11. The van der Waals surface area contributed by atoms with Crippen molar-refractivity contribution in [2.45, 2.75) is 6.42 Å². The first-order valence-corrected chi connectivity index (χ1v) is 9.54. The number of imide groups is 1. The number of aliphatic hydroxyl groups excluding tert-OH is 1. The molecule has 30 heavy (non-hydrogen) atoms. The Bertz CT molecular complexity index is 1210. The minimum atomic E-state index is -0.616. The summed E-state index contributed by atoms with van der Waals surface area (Å²) in [6.07, 6.45) is 0.222. The van der Waals surface area contributed by atoms with Crippen LogP contribution >= 0.6 is 11.6 Å². The highest BCUT2D eigenvalue weighted by atomic mass is 35.5. The van der Waals surface area contributed by atoms with Crippen LogP contribution in [-0.2, 0) is 0 Å². The zero-order valence-corrected chi connectivity index (χ0v) is 16.3. The molecule has 2 amide bonds. The van der Waals surface area contributed by atoms with Gasteiger partial charge >= 0.3 is 0 Å². The molecule has 0 aromatic heterocycles. The van der Waals surface area contributed by atoms with E-state index in [2.05, 4.69) is 5.32 Å². The molecule has 0 spiro atoms. The van der Waals surface area contributed by atoms with E-state index in [-0.39, 0.29) is 42.1 Å². The van der Waals surface area contributed by atoms with E-state index < -0.39 is 16.7 Å². The van der Waals surface area contributed by atoms with Crippen LogP contribution in [-0.4, -0.2) is 39.9 Å². The average Bonchev–Trinajstić information content (AvgIpc) is 2.72. The van der Waals surface area contributed by atoms with Gasteiger partial charge in [0.15, 0.2) is 0 Å². The molecule has 0 fully saturated rings. The second-order valence-electron chi connectivity index (χ2n) is 6.78. The minimum absolute atomic E-state index is 0.0281. The zero-order chi connectivity index (χ0) is 21.4. The minimum Gasteiger partial charge on any atom is -0.396 e. The number of nitrogens with one attached hydrogen (secondary N) is 1. The Morgan fingerprint density at radius 2 is 1.80 bits per heavy atom. The van der Waals surface area contributed by atoms with Gasteiger partial charge in [0.2, 0.25) is 0 Å². The van der Waals surface area contributed by atoms with Crippen LogP contribution in [0.1, 0.15) is 27.1 Å². The van der Waals surface area contributed by atoms with Gasteiger partial charge in [-0.2, -0.15) is 0 Å². The molecule has 0 saturated heterocycles. The lowest BCUT2D eigenvalue weighted by Crippen LogP contribution is -2.41. The Hall–Kier alpha value is -3.49. The number of anilines is 2. The predicted molar refractivity (Wildman–Crippen MR) is 112 cm³/mol. The Morgan fingerprint density at radius 1 is 1.07 bits per heavy atom. The predicted octanol–water partition coefficient (Wildman–Crippen LogP) is 4.12. The fraction of sp³-hybridized carbons (Fsp3) is 0.143. The number of halogens is 1. The van der Waals surface area contributed by atoms with Crippen LogP contribution in [0.2, 0.25) is 5.02 Å². The largest absolute Gasteiger partial charge is 0.396 e. The van der Waals surface area contributed by atoms with E-state index in [9.17, 15) is 19.7 Å². The normalized spacial score (nSPS) is 13.1. The van der Waals surface area contributed by atoms with Crippen LogP contribution in [0, 0.1) is 10.1 Å². The van der Waals surface area contributed by atoms with E-state index in [4.69, 9.17) is 16.7 Å². The van der Waals surface area contributed by atoms with Gasteiger partial charge in [-0.15, -0.1) is 0 Å². The molecule has 0 bridgehead atoms. The molecule has 0 aliphatic carbocycles. The van der Waals surface area contributed by atoms with Gasteiger partial charge in [0.05, 0.1) is 10.5 Å². The summed E-state index contributed by atoms with van der Waals surface area (Å²) in [5, 5.41) is 25.1. The van der Waals surface area contributed by atoms with Gasteiger partial charge in [-0.25, -0.2) is 0 Å². The van der Waals surface area contributed by atoms with Crippen molar-refractivity contribution in [2.24, 2.45) is 0 Å². The van der Waals surface area contributed by atoms with Gasteiger partial charge in [0, 0.05) is 46.3 Å². The van der Waals surface area contributed by atoms with E-state index >= 15 is 0 Å². The lowest BCUT2D eigenvalue weighted by atomic mass is 9.92. The van der Waals surface area contributed by atoms with E-state index in [1.54, 1.807) is 42.5 Å². The number of hydrogen-bond acceptors (Lipinski definition) is 6. The summed E-state index contributed by atoms with van der Waals surface area (Å²) in [6, 6.07) is 12.7. The number of aliphatic hydroxyl groups is 1. The molecule has 152 valence electrons. The molecule has 0 saturated carbocycles. The molecule has 1 aliphatic rings. The van der Waals surface area contributed by atoms with E-state index in [1.165, 1.54) is 6.07 Å². The van der Waals surface area contributed by atoms with Crippen molar-refractivity contribution in [3.8, 4) is 0 Å². The smallest absolute Gasteiger partial charge is 0.294 e. The summed E-state index contributed by atoms with van der Waals surface area (Å²) in [6.45, 7) is -0.156. The van der Waals surface area contributed by atoms with E-state index in [0.717, 1.165) is 4.90 Å². The summed E-state index contributed by atoms with van der Waals surface area (Å²) in [4.78, 5) is 38.2. The van der Waals surface area contributed by atoms with Crippen molar-refractivity contribution in [1.82, 2.24) is 4.90 Å². The Balaban J connectivity index is 1.96. The van der Waals surface area contributed by atoms with Crippen molar-refractivity contribution < 1.29 is 19.6 Å². The topological polar surface area (TPSA) is 113 Å². The molecule has 1 aliphatic heterocycles. The monoisotopic (exact) mass is 425 g/mol. The van der Waals surface area contributed by atoms with Crippen LogP contribution in [0.5, 0.6) is 0 Å². The highest BCUT2D eigenvalue weighted by Crippen LogP contribution is 2.41. The van der Waals surface area contributed by atoms with Crippen LogP contribution in [0.3, 0.4) is 0 Å². The lowest BCUT2D eigenvalue weighted by Gasteiger charge is -2.27. The van der Waals surface area contributed by atoms with Crippen molar-refractivity contribution in [1.29, 1.82) is 0 Å². The fourth-order valence-electron chi connectivity index (χ4n) is 3.62. The molecule has 0 atom stereocenters. The number of carbonyl (C=O) groups is 2. The third-order valence-electron chi connectivity index (χ3n) is 4.92. The molecular formula is C21H16ClN3O5. The van der Waals surface area contributed by atoms with Gasteiger partial charge in [0.1, 0.15) is 5.69 Å². The maximum Gasteiger partial charge on any atom is 0.294 e. The SMILES string of the molecule is O=C1c2cccc3c(Nc4cccc(Cl)c4)c([N+](=O)[O-])cc(c23)C(=O)N1CCCO. The zero-order valence-electron chi connectivity index (χ0n) is 15.6. The van der Waals surface area contributed by atoms with E-state index in [0.29, 0.717) is 21.5 Å². The van der Waals surface area contributed by atoms with Crippen LogP contribution < -0.4 is 5.32 Å². The average molecular weight is 426 g/mol. The summed E-state index contributed by atoms with van der Waals surface area (Å²) < 4.78 is 0. The molecule has 8 nitrogen and oxygen atoms in total. The van der Waals surface area contributed by atoms with Gasteiger partial charge in [-0.1, -0.05) is 29.8 Å². The van der Waals surface area contributed by atoms with Crippen molar-refractivity contribution in [2.75, 3.05) is 18.5 Å². The maximum atomic E-state index is 13.0. The second kappa shape index (κ2) is 7.74. The molecule has 0 unspecified atom stereocenters. The van der Waals surface area contributed by atoms with Gasteiger partial charge in [-0.05, 0) is 30.7 Å². The molecule has 3 aromatic carbocycles. The Morgan fingerprint density at radius 3 is 2.50 bits per heavy atom. The maximum absolute atomic E-state index is 13.0. The molecule has 9 heteroatoms. The second-order valence-corrected chi connectivity index (χ2v) is 7.21. The van der Waals surface area contributed by atoms with Gasteiger partial charge in [0.25, 0.3) is 17.5 Å². The lowest BCUT2D eigenvalue weighted by molar-refractivity contribution is -0.383. The highest BCUT2D eigenvalue weighted by Gasteiger charge is 2.35. The summed E-state index contributed by atoms with van der Waals surface area (Å²) in [5.41, 5.74) is 0.779. The number of rotatable bonds is 6. The van der Waals surface area contributed by atoms with Crippen molar-refractivity contribution >= 4 is 51.2 Å². The van der Waals surface area contributed by atoms with Gasteiger partial charge < -0.3 is 10.4 Å². The third kappa shape index (κ3) is 3.26. The first-order valence-electron chi connectivity index (χ1n) is 9.16. The Labute approximate surface area is 175 Å². The number of benzene rings is 3. The first kappa shape index (κ1) is 19.8. The van der Waals surface area contributed by atoms with Gasteiger partial charge in [-0.3, -0.25) is 24.6 Å². The number of hydrogen-bond donors (Lipinski definition) is 2. The van der Waals surface area contributed by atoms with Crippen molar-refractivity contribution in [3.63, 3.8) is 0 Å². The number of amides is 2. The summed E-state index contributed by atoms with van der Waals surface area (Å²) >= 11 is 6.02. The molecule has 4 rings (SSSR count). The van der Waals surface area contributed by atoms with Crippen LogP contribution in [0.25, 0.3) is 10.8 Å². The number of nitrogens with zero attached hydrogens (tertiary/aromatic N) is 2. The first-order chi connectivity index (χ1) is 14.4. The fourth-order valence-corrected chi connectivity index (χ4v) is 3.81. The molecule has 1 heterocycles. The molecule has 3 aromatic rings. The standard InChI is InChI=1S/C21H16ClN3O5/c22-12-4-1-5-13(10-12)23-19-14-6-2-7-15-18(14)16(11-17(19)25(29)30)21(28)24(20(15)27)8-3-9-26/h1-2,4-7,10-11,23,26H,3,8-9H2. The van der Waals surface area contributed by atoms with Crippen LogP contribution in [0.4, 0.5) is 17.1 Å². The number of nitro benzene ring substituents is 1. The van der Waals surface area contributed by atoms with Crippen molar-refractivity contribution in [3.05, 3.63) is 74.8 Å². The Kier molecular flexibility index (Phi) is 5.11. The summed E-state index contributed by atoms with van der Waals surface area (Å²) in [7, 11) is 0. The highest BCUT2D eigenvalue weighted by molar-refractivity contribution is 6.31. The molecule has 2 N–H and O–H groups in total. The number of carbonyl (C=O) groups excluding carboxylic acids is 2. The molecule has 0 radical (unpaired) electrons. The third-order valence-corrected chi connectivity index (χ3v) is 5.16. The van der Waals surface area contributed by atoms with Crippen LogP contribution in [0.15, 0.2) is 48.5 Å². The quantitative estimate of drug-likeness (QED) is 0.349.